The van der Waals surface area contributed by atoms with Gasteiger partial charge in [-0.05, 0) is 32.2 Å². The van der Waals surface area contributed by atoms with Gasteiger partial charge in [0.1, 0.15) is 5.66 Å². The summed E-state index contributed by atoms with van der Waals surface area (Å²) in [6.45, 7) is 12.6. The Kier molecular flexibility index (Phi) is 6.36. The molecule has 1 saturated heterocycles. The van der Waals surface area contributed by atoms with E-state index in [1.807, 2.05) is 0 Å². The molecule has 0 bridgehead atoms. The minimum Gasteiger partial charge on any atom is -0.368 e. The second-order valence-electron chi connectivity index (χ2n) is 6.89. The maximum atomic E-state index is 3.81. The summed E-state index contributed by atoms with van der Waals surface area (Å²) in [7, 11) is 4.21. The molecular formula is C18H35N5. The van der Waals surface area contributed by atoms with Crippen LogP contribution in [0.1, 0.15) is 33.6 Å². The first-order valence-electron chi connectivity index (χ1n) is 9.07. The Morgan fingerprint density at radius 1 is 1.30 bits per heavy atom. The Morgan fingerprint density at radius 3 is 2.48 bits per heavy atom. The number of rotatable bonds is 7. The van der Waals surface area contributed by atoms with Gasteiger partial charge in [0.2, 0.25) is 0 Å². The van der Waals surface area contributed by atoms with Crippen LogP contribution in [-0.2, 0) is 0 Å². The summed E-state index contributed by atoms with van der Waals surface area (Å²) in [5, 5.41) is 7.43. The van der Waals surface area contributed by atoms with Gasteiger partial charge < -0.3 is 20.4 Å². The SMILES string of the molecule is CC/C=C(\NC1([C@H](C)N2CCN(CC)CC2)CC=CN1)N(C)C. The monoisotopic (exact) mass is 321 g/mol. The predicted molar refractivity (Wildman–Crippen MR) is 98.0 cm³/mol. The van der Waals surface area contributed by atoms with Gasteiger partial charge in [0.05, 0.1) is 5.82 Å². The van der Waals surface area contributed by atoms with Gasteiger partial charge in [0.15, 0.2) is 0 Å². The maximum absolute atomic E-state index is 3.81. The van der Waals surface area contributed by atoms with E-state index in [1.54, 1.807) is 0 Å². The summed E-state index contributed by atoms with van der Waals surface area (Å²) in [4.78, 5) is 7.33. The van der Waals surface area contributed by atoms with Crippen LogP contribution in [0.2, 0.25) is 0 Å². The highest BCUT2D eigenvalue weighted by molar-refractivity contribution is 5.15. The molecule has 1 fully saturated rings. The molecule has 0 aliphatic carbocycles. The number of nitrogens with one attached hydrogen (secondary N) is 2. The first-order chi connectivity index (χ1) is 11.0. The normalized spacial score (nSPS) is 27.8. The van der Waals surface area contributed by atoms with Crippen molar-refractivity contribution in [2.45, 2.75) is 45.3 Å². The van der Waals surface area contributed by atoms with E-state index in [-0.39, 0.29) is 5.66 Å². The van der Waals surface area contributed by atoms with Crippen molar-refractivity contribution in [1.82, 2.24) is 25.3 Å². The molecule has 0 aromatic rings. The highest BCUT2D eigenvalue weighted by Gasteiger charge is 2.41. The van der Waals surface area contributed by atoms with E-state index >= 15 is 0 Å². The maximum Gasteiger partial charge on any atom is 0.128 e. The molecule has 23 heavy (non-hydrogen) atoms. The lowest BCUT2D eigenvalue weighted by molar-refractivity contribution is 0.0512. The van der Waals surface area contributed by atoms with Gasteiger partial charge in [-0.3, -0.25) is 4.90 Å². The number of hydrogen-bond acceptors (Lipinski definition) is 5. The van der Waals surface area contributed by atoms with E-state index in [1.165, 1.54) is 18.9 Å². The zero-order chi connectivity index (χ0) is 16.9. The minimum atomic E-state index is -0.111. The molecular weight excluding hydrogens is 286 g/mol. The van der Waals surface area contributed by atoms with Gasteiger partial charge in [0, 0.05) is 52.7 Å². The number of hydrogen-bond donors (Lipinski definition) is 2. The molecule has 2 aliphatic heterocycles. The third-order valence-electron chi connectivity index (χ3n) is 5.24. The first-order valence-corrected chi connectivity index (χ1v) is 9.07. The molecule has 2 atom stereocenters. The van der Waals surface area contributed by atoms with Crippen molar-refractivity contribution in [3.8, 4) is 0 Å². The topological polar surface area (TPSA) is 33.8 Å². The molecule has 0 aromatic heterocycles. The standard InChI is InChI=1S/C18H35N5/c1-6-9-17(21(4)5)20-18(10-8-11-19-18)16(3)23-14-12-22(7-2)13-15-23/h8-9,11,16,19-20H,6-7,10,12-15H2,1-5H3/b17-9+/t16-,18?/m0/s1. The predicted octanol–water partition coefficient (Wildman–Crippen LogP) is 1.62. The second-order valence-corrected chi connectivity index (χ2v) is 6.89. The highest BCUT2D eigenvalue weighted by atomic mass is 15.4. The molecule has 2 heterocycles. The molecule has 5 nitrogen and oxygen atoms in total. The second kappa shape index (κ2) is 8.06. The third-order valence-corrected chi connectivity index (χ3v) is 5.24. The summed E-state index contributed by atoms with van der Waals surface area (Å²) >= 11 is 0. The molecule has 2 N–H and O–H groups in total. The number of piperazine rings is 1. The molecule has 1 unspecified atom stereocenters. The lowest BCUT2D eigenvalue weighted by Crippen LogP contribution is -2.67. The Labute approximate surface area is 142 Å². The highest BCUT2D eigenvalue weighted by Crippen LogP contribution is 2.25. The fraction of sp³-hybridized carbons (Fsp3) is 0.778. The number of allylic oxidation sites excluding steroid dienone is 1. The quantitative estimate of drug-likeness (QED) is 0.745. The van der Waals surface area contributed by atoms with E-state index in [4.69, 9.17) is 0 Å². The lowest BCUT2D eigenvalue weighted by Gasteiger charge is -2.47. The van der Waals surface area contributed by atoms with Crippen molar-refractivity contribution in [3.63, 3.8) is 0 Å². The van der Waals surface area contributed by atoms with Gasteiger partial charge in [-0.15, -0.1) is 0 Å². The van der Waals surface area contributed by atoms with Crippen LogP contribution in [0, 0.1) is 0 Å². The average Bonchev–Trinajstić information content (AvgIpc) is 3.03. The van der Waals surface area contributed by atoms with Crippen LogP contribution in [0.4, 0.5) is 0 Å². The van der Waals surface area contributed by atoms with Crippen molar-refractivity contribution >= 4 is 0 Å². The fourth-order valence-corrected chi connectivity index (χ4v) is 3.54. The summed E-state index contributed by atoms with van der Waals surface area (Å²) < 4.78 is 0. The molecule has 0 aromatic carbocycles. The van der Waals surface area contributed by atoms with Crippen molar-refractivity contribution in [1.29, 1.82) is 0 Å². The van der Waals surface area contributed by atoms with Crippen molar-refractivity contribution in [3.05, 3.63) is 24.2 Å². The van der Waals surface area contributed by atoms with Crippen molar-refractivity contribution < 1.29 is 0 Å². The van der Waals surface area contributed by atoms with Crippen LogP contribution in [-0.4, -0.2) is 73.2 Å². The van der Waals surface area contributed by atoms with Crippen LogP contribution < -0.4 is 10.6 Å². The van der Waals surface area contributed by atoms with E-state index in [0.717, 1.165) is 32.5 Å². The fourth-order valence-electron chi connectivity index (χ4n) is 3.54. The third kappa shape index (κ3) is 4.21. The molecule has 5 heteroatoms. The van der Waals surface area contributed by atoms with Crippen molar-refractivity contribution in [2.75, 3.05) is 46.8 Å². The molecule has 0 saturated carbocycles. The average molecular weight is 322 g/mol. The Hall–Kier alpha value is -1.20. The number of likely N-dealkylation sites (N-methyl/N-ethyl adjacent to an activating group) is 1. The van der Waals surface area contributed by atoms with E-state index in [0.29, 0.717) is 6.04 Å². The Morgan fingerprint density at radius 2 is 2.00 bits per heavy atom. The van der Waals surface area contributed by atoms with Crippen LogP contribution in [0.25, 0.3) is 0 Å². The summed E-state index contributed by atoms with van der Waals surface area (Å²) in [6, 6.07) is 0.428. The lowest BCUT2D eigenvalue weighted by atomic mass is 9.97. The zero-order valence-corrected chi connectivity index (χ0v) is 15.6. The summed E-state index contributed by atoms with van der Waals surface area (Å²) in [5.41, 5.74) is -0.111. The number of nitrogens with zero attached hydrogens (tertiary/aromatic N) is 3. The van der Waals surface area contributed by atoms with E-state index < -0.39 is 0 Å². The Balaban J connectivity index is 2.09. The van der Waals surface area contributed by atoms with Crippen molar-refractivity contribution in [2.24, 2.45) is 0 Å². The van der Waals surface area contributed by atoms with E-state index in [9.17, 15) is 0 Å². The van der Waals surface area contributed by atoms with Crippen LogP contribution >= 0.6 is 0 Å². The van der Waals surface area contributed by atoms with E-state index in [2.05, 4.69) is 78.6 Å². The van der Waals surface area contributed by atoms with Gasteiger partial charge in [-0.25, -0.2) is 0 Å². The van der Waals surface area contributed by atoms with Crippen LogP contribution in [0.3, 0.4) is 0 Å². The van der Waals surface area contributed by atoms with Gasteiger partial charge in [0.25, 0.3) is 0 Å². The summed E-state index contributed by atoms with van der Waals surface area (Å²) in [6.07, 6.45) is 8.66. The van der Waals surface area contributed by atoms with Crippen LogP contribution in [0.15, 0.2) is 24.2 Å². The van der Waals surface area contributed by atoms with Crippen LogP contribution in [0.5, 0.6) is 0 Å². The minimum absolute atomic E-state index is 0.111. The van der Waals surface area contributed by atoms with Gasteiger partial charge in [-0.2, -0.15) is 0 Å². The summed E-state index contributed by atoms with van der Waals surface area (Å²) in [5.74, 6) is 1.20. The van der Waals surface area contributed by atoms with Gasteiger partial charge >= 0.3 is 0 Å². The molecule has 0 radical (unpaired) electrons. The molecule has 0 amide bonds. The molecule has 2 aliphatic rings. The molecule has 132 valence electrons. The molecule has 2 rings (SSSR count). The zero-order valence-electron chi connectivity index (χ0n) is 15.6. The Bertz CT molecular complexity index is 413. The van der Waals surface area contributed by atoms with Gasteiger partial charge in [-0.1, -0.05) is 19.9 Å². The molecule has 0 spiro atoms. The largest absolute Gasteiger partial charge is 0.368 e. The first kappa shape index (κ1) is 18.1. The smallest absolute Gasteiger partial charge is 0.128 e.